The van der Waals surface area contributed by atoms with Gasteiger partial charge in [0.1, 0.15) is 12.4 Å². The van der Waals surface area contributed by atoms with Crippen LogP contribution in [0.4, 0.5) is 0 Å². The van der Waals surface area contributed by atoms with Gasteiger partial charge in [0.15, 0.2) is 0 Å². The molecule has 0 aliphatic carbocycles. The first-order valence-electron chi connectivity index (χ1n) is 10.0. The lowest BCUT2D eigenvalue weighted by atomic mass is 9.89. The molecule has 1 aliphatic heterocycles. The van der Waals surface area contributed by atoms with Crippen molar-refractivity contribution in [3.8, 4) is 5.75 Å². The molecule has 5 nitrogen and oxygen atoms in total. The van der Waals surface area contributed by atoms with Crippen molar-refractivity contribution in [2.24, 2.45) is 11.7 Å². The van der Waals surface area contributed by atoms with Gasteiger partial charge >= 0.3 is 0 Å². The van der Waals surface area contributed by atoms with Gasteiger partial charge in [0, 0.05) is 19.0 Å². The Hall–Kier alpha value is -2.37. The van der Waals surface area contributed by atoms with Gasteiger partial charge in [-0.1, -0.05) is 42.5 Å². The fourth-order valence-electron chi connectivity index (χ4n) is 3.90. The Morgan fingerprint density at radius 2 is 2.00 bits per heavy atom. The summed E-state index contributed by atoms with van der Waals surface area (Å²) >= 11 is 0. The summed E-state index contributed by atoms with van der Waals surface area (Å²) in [7, 11) is 0. The molecular formula is C23H31N3O2. The van der Waals surface area contributed by atoms with Gasteiger partial charge in [-0.15, -0.1) is 0 Å². The number of nitrogens with one attached hydrogen (secondary N) is 1. The van der Waals surface area contributed by atoms with Gasteiger partial charge in [-0.3, -0.25) is 9.69 Å². The number of aryl methyl sites for hydroxylation is 1. The summed E-state index contributed by atoms with van der Waals surface area (Å²) in [6.07, 6.45) is 0. The average Bonchev–Trinajstić information content (AvgIpc) is 3.15. The average molecular weight is 382 g/mol. The third kappa shape index (κ3) is 5.12. The molecule has 1 unspecified atom stereocenters. The Morgan fingerprint density at radius 1 is 1.21 bits per heavy atom. The Kier molecular flexibility index (Phi) is 7.06. The molecule has 28 heavy (non-hydrogen) atoms. The zero-order valence-corrected chi connectivity index (χ0v) is 16.8. The monoisotopic (exact) mass is 381 g/mol. The zero-order chi connectivity index (χ0) is 19.9. The SMILES string of the molecule is Cc1cccc(OCCNC(=O)C(C)N2C[C@@H](CN)[C@H](c3ccccc3)C2)c1. The summed E-state index contributed by atoms with van der Waals surface area (Å²) in [5.41, 5.74) is 8.48. The molecule has 2 aromatic rings. The van der Waals surface area contributed by atoms with E-state index in [1.54, 1.807) is 0 Å². The third-order valence-electron chi connectivity index (χ3n) is 5.59. The van der Waals surface area contributed by atoms with Gasteiger partial charge in [-0.2, -0.15) is 0 Å². The maximum Gasteiger partial charge on any atom is 0.237 e. The van der Waals surface area contributed by atoms with Crippen molar-refractivity contribution in [3.05, 3.63) is 65.7 Å². The van der Waals surface area contributed by atoms with Gasteiger partial charge in [-0.05, 0) is 49.6 Å². The molecule has 3 rings (SSSR count). The number of rotatable bonds is 8. The molecule has 1 heterocycles. The fraction of sp³-hybridized carbons (Fsp3) is 0.435. The van der Waals surface area contributed by atoms with Crippen molar-refractivity contribution in [1.82, 2.24) is 10.2 Å². The molecule has 1 saturated heterocycles. The minimum Gasteiger partial charge on any atom is -0.492 e. The first-order valence-corrected chi connectivity index (χ1v) is 10.0. The van der Waals surface area contributed by atoms with Crippen molar-refractivity contribution >= 4 is 5.91 Å². The van der Waals surface area contributed by atoms with Crippen LogP contribution in [0.1, 0.15) is 24.0 Å². The van der Waals surface area contributed by atoms with Crippen molar-refractivity contribution in [3.63, 3.8) is 0 Å². The van der Waals surface area contributed by atoms with E-state index in [1.807, 2.05) is 44.2 Å². The largest absolute Gasteiger partial charge is 0.492 e. The summed E-state index contributed by atoms with van der Waals surface area (Å²) in [6, 6.07) is 18.2. The second kappa shape index (κ2) is 9.71. The molecule has 1 fully saturated rings. The van der Waals surface area contributed by atoms with Gasteiger partial charge in [0.25, 0.3) is 0 Å². The minimum absolute atomic E-state index is 0.0392. The number of likely N-dealkylation sites (tertiary alicyclic amines) is 1. The Bertz CT molecular complexity index is 765. The third-order valence-corrected chi connectivity index (χ3v) is 5.59. The van der Waals surface area contributed by atoms with Gasteiger partial charge in [0.05, 0.1) is 12.6 Å². The second-order valence-electron chi connectivity index (χ2n) is 7.60. The van der Waals surface area contributed by atoms with Crippen LogP contribution in [0.15, 0.2) is 54.6 Å². The van der Waals surface area contributed by atoms with E-state index in [0.29, 0.717) is 31.5 Å². The van der Waals surface area contributed by atoms with E-state index < -0.39 is 0 Å². The topological polar surface area (TPSA) is 67.6 Å². The standard InChI is InChI=1S/C23H31N3O2/c1-17-7-6-10-21(13-17)28-12-11-25-23(27)18(2)26-15-20(14-24)22(16-26)19-8-4-3-5-9-19/h3-10,13,18,20,22H,11-12,14-16,24H2,1-2H3,(H,25,27)/t18?,20-,22+/m1/s1. The molecule has 3 atom stereocenters. The molecule has 1 amide bonds. The molecule has 5 heteroatoms. The van der Waals surface area contributed by atoms with E-state index in [9.17, 15) is 4.79 Å². The lowest BCUT2D eigenvalue weighted by Gasteiger charge is -2.23. The second-order valence-corrected chi connectivity index (χ2v) is 7.60. The molecule has 0 radical (unpaired) electrons. The molecule has 3 N–H and O–H groups in total. The van der Waals surface area contributed by atoms with E-state index in [0.717, 1.165) is 24.4 Å². The molecular weight excluding hydrogens is 350 g/mol. The quantitative estimate of drug-likeness (QED) is 0.690. The number of amides is 1. The first-order chi connectivity index (χ1) is 13.6. The van der Waals surface area contributed by atoms with Crippen LogP contribution >= 0.6 is 0 Å². The van der Waals surface area contributed by atoms with E-state index in [4.69, 9.17) is 10.5 Å². The van der Waals surface area contributed by atoms with Crippen LogP contribution in [0.25, 0.3) is 0 Å². The van der Waals surface area contributed by atoms with E-state index in [2.05, 4.69) is 34.5 Å². The number of ether oxygens (including phenoxy) is 1. The van der Waals surface area contributed by atoms with Crippen LogP contribution in [-0.2, 0) is 4.79 Å². The maximum absolute atomic E-state index is 12.6. The van der Waals surface area contributed by atoms with Crippen molar-refractivity contribution in [2.75, 3.05) is 32.8 Å². The summed E-state index contributed by atoms with van der Waals surface area (Å²) in [5, 5.41) is 2.99. The molecule has 2 aromatic carbocycles. The highest BCUT2D eigenvalue weighted by Crippen LogP contribution is 2.33. The van der Waals surface area contributed by atoms with E-state index in [1.165, 1.54) is 5.56 Å². The van der Waals surface area contributed by atoms with Gasteiger partial charge in [0.2, 0.25) is 5.91 Å². The molecule has 0 aromatic heterocycles. The summed E-state index contributed by atoms with van der Waals surface area (Å²) < 4.78 is 5.71. The summed E-state index contributed by atoms with van der Waals surface area (Å²) in [4.78, 5) is 14.8. The van der Waals surface area contributed by atoms with Crippen LogP contribution < -0.4 is 15.8 Å². The predicted molar refractivity (Wildman–Crippen MR) is 112 cm³/mol. The maximum atomic E-state index is 12.6. The zero-order valence-electron chi connectivity index (χ0n) is 16.8. The Labute approximate surface area is 167 Å². The number of carbonyl (C=O) groups is 1. The van der Waals surface area contributed by atoms with Crippen LogP contribution in [-0.4, -0.2) is 49.6 Å². The number of benzene rings is 2. The summed E-state index contributed by atoms with van der Waals surface area (Å²) in [6.45, 7) is 7.30. The molecule has 0 spiro atoms. The number of hydrogen-bond acceptors (Lipinski definition) is 4. The smallest absolute Gasteiger partial charge is 0.237 e. The predicted octanol–water partition coefficient (Wildman–Crippen LogP) is 2.55. The van der Waals surface area contributed by atoms with Crippen molar-refractivity contribution in [2.45, 2.75) is 25.8 Å². The highest BCUT2D eigenvalue weighted by molar-refractivity contribution is 5.81. The highest BCUT2D eigenvalue weighted by Gasteiger charge is 2.36. The molecule has 1 aliphatic rings. The van der Waals surface area contributed by atoms with Crippen molar-refractivity contribution < 1.29 is 9.53 Å². The van der Waals surface area contributed by atoms with E-state index in [-0.39, 0.29) is 11.9 Å². The Balaban J connectivity index is 1.48. The Morgan fingerprint density at radius 3 is 2.71 bits per heavy atom. The van der Waals surface area contributed by atoms with Crippen molar-refractivity contribution in [1.29, 1.82) is 0 Å². The number of nitrogens with two attached hydrogens (primary N) is 1. The number of carbonyl (C=O) groups excluding carboxylic acids is 1. The van der Waals surface area contributed by atoms with Crippen LogP contribution in [0.5, 0.6) is 5.75 Å². The van der Waals surface area contributed by atoms with E-state index >= 15 is 0 Å². The van der Waals surface area contributed by atoms with Crippen LogP contribution in [0.3, 0.4) is 0 Å². The lowest BCUT2D eigenvalue weighted by molar-refractivity contribution is -0.125. The number of nitrogens with zero attached hydrogens (tertiary/aromatic N) is 1. The molecule has 0 saturated carbocycles. The molecule has 150 valence electrons. The minimum atomic E-state index is -0.179. The first kappa shape index (κ1) is 20.4. The van der Waals surface area contributed by atoms with Crippen LogP contribution in [0.2, 0.25) is 0 Å². The molecule has 0 bridgehead atoms. The number of hydrogen-bond donors (Lipinski definition) is 2. The summed E-state index contributed by atoms with van der Waals surface area (Å²) in [5.74, 6) is 1.63. The lowest BCUT2D eigenvalue weighted by Crippen LogP contribution is -2.45. The fourth-order valence-corrected chi connectivity index (χ4v) is 3.90. The normalized spacial score (nSPS) is 20.7. The van der Waals surface area contributed by atoms with Crippen LogP contribution in [0, 0.1) is 12.8 Å². The van der Waals surface area contributed by atoms with Gasteiger partial charge in [-0.25, -0.2) is 0 Å². The van der Waals surface area contributed by atoms with Gasteiger partial charge < -0.3 is 15.8 Å². The highest BCUT2D eigenvalue weighted by atomic mass is 16.5.